The summed E-state index contributed by atoms with van der Waals surface area (Å²) in [5.74, 6) is 0. The zero-order valence-electron chi connectivity index (χ0n) is 19.6. The van der Waals surface area contributed by atoms with E-state index in [0.717, 1.165) is 33.7 Å². The predicted octanol–water partition coefficient (Wildman–Crippen LogP) is -2.95. The van der Waals surface area contributed by atoms with E-state index >= 15 is 0 Å². The first-order valence-electron chi connectivity index (χ1n) is 11.0. The van der Waals surface area contributed by atoms with Crippen molar-refractivity contribution >= 4 is 19.0 Å². The summed E-state index contributed by atoms with van der Waals surface area (Å²) in [5, 5.41) is 30.5. The minimum absolute atomic E-state index is 0.620. The van der Waals surface area contributed by atoms with Crippen LogP contribution in [0.25, 0.3) is 0 Å². The normalized spacial score (nSPS) is 32.9. The van der Waals surface area contributed by atoms with Crippen molar-refractivity contribution < 1.29 is 43.1 Å². The van der Waals surface area contributed by atoms with E-state index in [1.54, 1.807) is 0 Å². The lowest BCUT2D eigenvalue weighted by Gasteiger charge is -2.26. The van der Waals surface area contributed by atoms with E-state index in [4.69, 9.17) is 23.3 Å². The first-order chi connectivity index (χ1) is 18.0. The van der Waals surface area contributed by atoms with Crippen molar-refractivity contribution in [1.82, 2.24) is 19.1 Å². The molecule has 4 heterocycles. The largest absolute Gasteiger partial charge is 0.394 e. The van der Waals surface area contributed by atoms with E-state index in [1.165, 1.54) is 7.11 Å². The van der Waals surface area contributed by atoms with Gasteiger partial charge in [-0.3, -0.25) is 37.7 Å². The van der Waals surface area contributed by atoms with Gasteiger partial charge in [0.15, 0.2) is 12.5 Å². The molecule has 0 amide bonds. The van der Waals surface area contributed by atoms with Crippen LogP contribution in [-0.4, -0.2) is 91.4 Å². The number of hydrogen-bond donors (Lipinski definition) is 6. The predicted molar refractivity (Wildman–Crippen MR) is 128 cm³/mol. The van der Waals surface area contributed by atoms with Crippen LogP contribution in [0.15, 0.2) is 43.7 Å². The average molecular weight is 580 g/mol. The van der Waals surface area contributed by atoms with Gasteiger partial charge in [0.1, 0.15) is 36.6 Å². The fraction of sp³-hybridized carbons (Fsp3) is 0.579. The second kappa shape index (κ2) is 11.4. The van der Waals surface area contributed by atoms with Crippen LogP contribution >= 0.6 is 19.0 Å². The molecule has 2 fully saturated rings. The molecule has 38 heavy (non-hydrogen) atoms. The zero-order chi connectivity index (χ0) is 27.8. The summed E-state index contributed by atoms with van der Waals surface area (Å²) in [5.41, 5.74) is -3.04. The minimum Gasteiger partial charge on any atom is -0.394 e. The zero-order valence-corrected chi connectivity index (χ0v) is 21.3. The molecule has 0 saturated carbocycles. The number of nitrogens with zero attached hydrogens (tertiary/aromatic N) is 2. The first-order valence-corrected chi connectivity index (χ1v) is 13.7. The Bertz CT molecular complexity index is 1420. The molecular weight excluding hydrogens is 555 g/mol. The molecule has 5 N–H and O–H groups in total. The Kier molecular flexibility index (Phi) is 8.58. The number of thiol groups is 1. The van der Waals surface area contributed by atoms with Gasteiger partial charge in [0.25, 0.3) is 11.1 Å². The Morgan fingerprint density at radius 1 is 0.947 bits per heavy atom. The van der Waals surface area contributed by atoms with Gasteiger partial charge in [-0.25, -0.2) is 14.2 Å². The van der Waals surface area contributed by atoms with Crippen molar-refractivity contribution in [3.8, 4) is 0 Å². The second-order valence-corrected chi connectivity index (χ2v) is 11.2. The van der Waals surface area contributed by atoms with Crippen molar-refractivity contribution in [3.63, 3.8) is 0 Å². The van der Waals surface area contributed by atoms with Gasteiger partial charge in [0.05, 0.1) is 13.2 Å². The van der Waals surface area contributed by atoms with E-state index in [1.807, 2.05) is 4.98 Å². The Hall–Kier alpha value is -2.38. The number of methoxy groups -OCH3 is 1. The number of aliphatic hydroxyl groups is 3. The maximum atomic E-state index is 13.1. The number of ether oxygens (including phenoxy) is 3. The van der Waals surface area contributed by atoms with Crippen molar-refractivity contribution in [3.05, 3.63) is 66.2 Å². The van der Waals surface area contributed by atoms with E-state index in [0.29, 0.717) is 0 Å². The summed E-state index contributed by atoms with van der Waals surface area (Å²) in [4.78, 5) is 51.0. The molecule has 0 aromatic carbocycles. The van der Waals surface area contributed by atoms with Crippen molar-refractivity contribution in [2.24, 2.45) is 0 Å². The molecule has 9 atom stereocenters. The lowest BCUT2D eigenvalue weighted by Crippen LogP contribution is -2.39. The molecular formula is C19H25N4O13PS. The maximum Gasteiger partial charge on any atom is 0.386 e. The summed E-state index contributed by atoms with van der Waals surface area (Å²) >= 11 is 3.92. The number of nitrogens with one attached hydrogen (secondary N) is 2. The third-order valence-corrected chi connectivity index (χ3v) is 7.60. The molecule has 0 spiro atoms. The monoisotopic (exact) mass is 580 g/mol. The number of aromatic nitrogens is 4. The molecule has 0 radical (unpaired) electrons. The molecule has 210 valence electrons. The molecule has 2 saturated heterocycles. The fourth-order valence-electron chi connectivity index (χ4n) is 4.16. The van der Waals surface area contributed by atoms with Crippen LogP contribution in [0.5, 0.6) is 0 Å². The number of H-pyrrole nitrogens is 2. The molecule has 0 aliphatic carbocycles. The highest BCUT2D eigenvalue weighted by atomic mass is 32.7. The fourth-order valence-corrected chi connectivity index (χ4v) is 5.65. The standard InChI is InChI=1S/C19H25N4O13PS/c1-32-15-14(8(6-24)34-17(15)23-5-3-11(26)21-19(23)30)36-37(31,38)33-7-9-12(27)13(28)16(35-9)22-4-2-10(25)20-18(22)29/h2-5,8-9,12-17,24,27-28H,6-7H2,1H3,(H,31,38)(H,20,25,29)(H,21,26,30)/t8-,9-,12?,13?,14?,15?,16-,17-,37+/m1/s1. The summed E-state index contributed by atoms with van der Waals surface area (Å²) < 4.78 is 42.1. The topological polar surface area (TPSA) is 234 Å². The Morgan fingerprint density at radius 3 is 2.03 bits per heavy atom. The van der Waals surface area contributed by atoms with Gasteiger partial charge in [-0.05, 0) is 0 Å². The lowest BCUT2D eigenvalue weighted by molar-refractivity contribution is -0.0625. The summed E-state index contributed by atoms with van der Waals surface area (Å²) in [6.07, 6.45) is -8.39. The van der Waals surface area contributed by atoms with E-state index < -0.39 is 91.6 Å². The molecule has 2 aliphatic heterocycles. The van der Waals surface area contributed by atoms with Gasteiger partial charge in [0, 0.05) is 31.6 Å². The lowest BCUT2D eigenvalue weighted by atomic mass is 10.1. The summed E-state index contributed by atoms with van der Waals surface area (Å²) in [7, 11) is 1.25. The Balaban J connectivity index is 1.46. The Labute approximate surface area is 217 Å². The van der Waals surface area contributed by atoms with Crippen LogP contribution in [0.2, 0.25) is 0 Å². The number of hydrogen-bond acceptors (Lipinski definition) is 13. The van der Waals surface area contributed by atoms with Crippen molar-refractivity contribution in [2.75, 3.05) is 20.3 Å². The van der Waals surface area contributed by atoms with Crippen LogP contribution in [-0.2, 0) is 27.8 Å². The quantitative estimate of drug-likeness (QED) is 0.129. The van der Waals surface area contributed by atoms with Gasteiger partial charge in [-0.1, -0.05) is 12.2 Å². The van der Waals surface area contributed by atoms with Gasteiger partial charge in [-0.2, -0.15) is 0 Å². The van der Waals surface area contributed by atoms with E-state index in [9.17, 15) is 39.1 Å². The van der Waals surface area contributed by atoms with Crippen molar-refractivity contribution in [1.29, 1.82) is 0 Å². The highest BCUT2D eigenvalue weighted by molar-refractivity contribution is 8.44. The van der Waals surface area contributed by atoms with Crippen LogP contribution in [0, 0.1) is 0 Å². The molecule has 2 aromatic heterocycles. The average Bonchev–Trinajstić information content (AvgIpc) is 3.34. The Morgan fingerprint density at radius 2 is 1.50 bits per heavy atom. The highest BCUT2D eigenvalue weighted by Gasteiger charge is 2.50. The molecule has 17 nitrogen and oxygen atoms in total. The van der Waals surface area contributed by atoms with Crippen LogP contribution in [0.1, 0.15) is 12.5 Å². The number of aromatic amines is 2. The van der Waals surface area contributed by atoms with E-state index in [2.05, 4.69) is 17.2 Å². The summed E-state index contributed by atoms with van der Waals surface area (Å²) in [6.45, 7) is -5.56. The number of rotatable bonds is 9. The summed E-state index contributed by atoms with van der Waals surface area (Å²) in [6, 6.07) is 2.09. The van der Waals surface area contributed by atoms with E-state index in [-0.39, 0.29) is 0 Å². The van der Waals surface area contributed by atoms with Gasteiger partial charge in [0.2, 0.25) is 0 Å². The molecule has 19 heteroatoms. The molecule has 2 aliphatic rings. The third-order valence-electron chi connectivity index (χ3n) is 5.98. The highest BCUT2D eigenvalue weighted by Crippen LogP contribution is 2.56. The maximum absolute atomic E-state index is 13.1. The van der Waals surface area contributed by atoms with Crippen LogP contribution in [0.4, 0.5) is 0 Å². The number of aliphatic hydroxyl groups excluding tert-OH is 3. The van der Waals surface area contributed by atoms with Crippen molar-refractivity contribution in [2.45, 2.75) is 49.1 Å². The van der Waals surface area contributed by atoms with Gasteiger partial charge in [-0.15, -0.1) is 0 Å². The third kappa shape index (κ3) is 5.79. The van der Waals surface area contributed by atoms with Crippen LogP contribution < -0.4 is 22.5 Å². The molecule has 2 aromatic rings. The second-order valence-electron chi connectivity index (χ2n) is 8.36. The molecule has 0 bridgehead atoms. The van der Waals surface area contributed by atoms with Crippen LogP contribution in [0.3, 0.4) is 0 Å². The molecule has 4 unspecified atom stereocenters. The van der Waals surface area contributed by atoms with Gasteiger partial charge < -0.3 is 29.5 Å². The smallest absolute Gasteiger partial charge is 0.386 e. The first kappa shape index (κ1) is 28.6. The SMILES string of the molecule is COC1C(O[P@@](=O)(S)OC[C@H]2O[C@@H](n3ccc(=O)[nH]c3=O)C(O)C2O)[C@@H](CO)O[C@H]1n1ccc(=O)[nH]c1=O. The minimum atomic E-state index is -4.30. The van der Waals surface area contributed by atoms with Gasteiger partial charge >= 0.3 is 18.2 Å². The molecule has 4 rings (SSSR count).